The van der Waals surface area contributed by atoms with Crippen LogP contribution < -0.4 is 10.5 Å². The summed E-state index contributed by atoms with van der Waals surface area (Å²) in [6, 6.07) is 1.91. The van der Waals surface area contributed by atoms with Crippen LogP contribution in [0.2, 0.25) is 0 Å². The second-order valence-electron chi connectivity index (χ2n) is 4.00. The Morgan fingerprint density at radius 1 is 1.44 bits per heavy atom. The van der Waals surface area contributed by atoms with Crippen molar-refractivity contribution in [3.63, 3.8) is 0 Å². The van der Waals surface area contributed by atoms with Crippen molar-refractivity contribution in [3.8, 4) is 17.6 Å². The van der Waals surface area contributed by atoms with Crippen LogP contribution in [0.1, 0.15) is 24.8 Å². The van der Waals surface area contributed by atoms with Gasteiger partial charge in [0.2, 0.25) is 0 Å². The molecule has 0 aliphatic heterocycles. The number of pyridine rings is 1. The molecule has 1 fully saturated rings. The molecule has 0 atom stereocenters. The van der Waals surface area contributed by atoms with Gasteiger partial charge in [-0.1, -0.05) is 24.7 Å². The summed E-state index contributed by atoms with van der Waals surface area (Å²) in [6.07, 6.45) is 7.32. The molecule has 0 amide bonds. The summed E-state index contributed by atoms with van der Waals surface area (Å²) in [5.41, 5.74) is 6.17. The van der Waals surface area contributed by atoms with Crippen LogP contribution in [0, 0.1) is 17.8 Å². The van der Waals surface area contributed by atoms with E-state index in [2.05, 4.69) is 16.8 Å². The van der Waals surface area contributed by atoms with E-state index in [1.165, 1.54) is 12.8 Å². The minimum Gasteiger partial charge on any atom is -0.492 e. The molecule has 1 aliphatic carbocycles. The van der Waals surface area contributed by atoms with E-state index in [4.69, 9.17) is 10.5 Å². The van der Waals surface area contributed by atoms with E-state index in [0.717, 1.165) is 30.3 Å². The third-order valence-corrected chi connectivity index (χ3v) is 2.54. The first-order valence-electron chi connectivity index (χ1n) is 5.65. The standard InChI is InChI=1S/C13H16N2O/c14-6-1-2-12-8-13(10-15-9-12)16-7-5-11-3-4-11/h8-11H,3-7,14H2. The van der Waals surface area contributed by atoms with Crippen LogP contribution in [-0.2, 0) is 0 Å². The summed E-state index contributed by atoms with van der Waals surface area (Å²) in [5.74, 6) is 7.43. The Kier molecular flexibility index (Phi) is 3.79. The summed E-state index contributed by atoms with van der Waals surface area (Å²) in [7, 11) is 0. The van der Waals surface area contributed by atoms with Crippen molar-refractivity contribution in [1.29, 1.82) is 0 Å². The number of nitrogens with zero attached hydrogens (tertiary/aromatic N) is 1. The zero-order chi connectivity index (χ0) is 11.2. The molecular weight excluding hydrogens is 200 g/mol. The summed E-state index contributed by atoms with van der Waals surface area (Å²) < 4.78 is 5.62. The second-order valence-corrected chi connectivity index (χ2v) is 4.00. The van der Waals surface area contributed by atoms with Gasteiger partial charge in [0.1, 0.15) is 5.75 Å². The first kappa shape index (κ1) is 11.0. The van der Waals surface area contributed by atoms with Gasteiger partial charge in [-0.25, -0.2) is 0 Å². The Balaban J connectivity index is 1.87. The Hall–Kier alpha value is -1.53. The highest BCUT2D eigenvalue weighted by atomic mass is 16.5. The number of aromatic nitrogens is 1. The number of hydrogen-bond acceptors (Lipinski definition) is 3. The van der Waals surface area contributed by atoms with Gasteiger partial charge in [0.15, 0.2) is 0 Å². The fourth-order valence-electron chi connectivity index (χ4n) is 1.47. The van der Waals surface area contributed by atoms with Crippen molar-refractivity contribution >= 4 is 0 Å². The first-order chi connectivity index (χ1) is 7.88. The summed E-state index contributed by atoms with van der Waals surface area (Å²) >= 11 is 0. The van der Waals surface area contributed by atoms with Gasteiger partial charge >= 0.3 is 0 Å². The number of hydrogen-bond donors (Lipinski definition) is 1. The fraction of sp³-hybridized carbons (Fsp3) is 0.462. The van der Waals surface area contributed by atoms with Crippen LogP contribution in [0.25, 0.3) is 0 Å². The van der Waals surface area contributed by atoms with Gasteiger partial charge in [-0.3, -0.25) is 4.98 Å². The van der Waals surface area contributed by atoms with Crippen molar-refractivity contribution in [1.82, 2.24) is 4.98 Å². The Morgan fingerprint density at radius 3 is 3.06 bits per heavy atom. The lowest BCUT2D eigenvalue weighted by molar-refractivity contribution is 0.301. The highest BCUT2D eigenvalue weighted by Gasteiger charge is 2.20. The van der Waals surface area contributed by atoms with Crippen molar-refractivity contribution in [2.24, 2.45) is 11.7 Å². The molecule has 0 bridgehead atoms. The predicted octanol–water partition coefficient (Wildman–Crippen LogP) is 1.57. The maximum Gasteiger partial charge on any atom is 0.138 e. The summed E-state index contributed by atoms with van der Waals surface area (Å²) in [6.45, 7) is 1.15. The van der Waals surface area contributed by atoms with Crippen molar-refractivity contribution in [3.05, 3.63) is 24.0 Å². The molecule has 1 saturated carbocycles. The average Bonchev–Trinajstić information content (AvgIpc) is 3.11. The first-order valence-corrected chi connectivity index (χ1v) is 5.65. The van der Waals surface area contributed by atoms with Crippen LogP contribution >= 0.6 is 0 Å². The monoisotopic (exact) mass is 216 g/mol. The summed E-state index contributed by atoms with van der Waals surface area (Å²) in [4.78, 5) is 4.08. The van der Waals surface area contributed by atoms with Gasteiger partial charge in [0, 0.05) is 11.8 Å². The van der Waals surface area contributed by atoms with Crippen molar-refractivity contribution < 1.29 is 4.74 Å². The smallest absolute Gasteiger partial charge is 0.138 e. The Bertz CT molecular complexity index is 402. The largest absolute Gasteiger partial charge is 0.492 e. The van der Waals surface area contributed by atoms with Gasteiger partial charge in [-0.05, 0) is 18.4 Å². The van der Waals surface area contributed by atoms with Crippen LogP contribution in [-0.4, -0.2) is 18.1 Å². The van der Waals surface area contributed by atoms with E-state index < -0.39 is 0 Å². The molecule has 0 saturated heterocycles. The topological polar surface area (TPSA) is 48.1 Å². The fourth-order valence-corrected chi connectivity index (χ4v) is 1.47. The van der Waals surface area contributed by atoms with Crippen LogP contribution in [0.15, 0.2) is 18.5 Å². The van der Waals surface area contributed by atoms with Crippen molar-refractivity contribution in [2.75, 3.05) is 13.2 Å². The normalized spacial score (nSPS) is 14.1. The van der Waals surface area contributed by atoms with Crippen molar-refractivity contribution in [2.45, 2.75) is 19.3 Å². The van der Waals surface area contributed by atoms with Crippen LogP contribution in [0.3, 0.4) is 0 Å². The molecule has 0 spiro atoms. The predicted molar refractivity (Wildman–Crippen MR) is 63.0 cm³/mol. The molecule has 1 aliphatic rings. The molecule has 0 unspecified atom stereocenters. The minimum atomic E-state index is 0.368. The zero-order valence-corrected chi connectivity index (χ0v) is 9.28. The molecule has 0 aromatic carbocycles. The van der Waals surface area contributed by atoms with Crippen LogP contribution in [0.4, 0.5) is 0 Å². The SMILES string of the molecule is NCC#Cc1cncc(OCCC2CC2)c1. The van der Waals surface area contributed by atoms with E-state index in [1.807, 2.05) is 6.07 Å². The molecule has 1 aromatic heterocycles. The molecule has 1 heterocycles. The van der Waals surface area contributed by atoms with E-state index in [9.17, 15) is 0 Å². The highest BCUT2D eigenvalue weighted by Crippen LogP contribution is 2.32. The van der Waals surface area contributed by atoms with Gasteiger partial charge in [0.25, 0.3) is 0 Å². The maximum absolute atomic E-state index is 5.62. The van der Waals surface area contributed by atoms with Gasteiger partial charge in [-0.15, -0.1) is 0 Å². The Labute approximate surface area is 96.0 Å². The van der Waals surface area contributed by atoms with Gasteiger partial charge in [-0.2, -0.15) is 0 Å². The molecular formula is C13H16N2O. The molecule has 1 aromatic rings. The second kappa shape index (κ2) is 5.53. The van der Waals surface area contributed by atoms with Gasteiger partial charge in [0.05, 0.1) is 19.3 Å². The molecule has 0 radical (unpaired) electrons. The third-order valence-electron chi connectivity index (χ3n) is 2.54. The number of ether oxygens (including phenoxy) is 1. The molecule has 3 nitrogen and oxygen atoms in total. The lowest BCUT2D eigenvalue weighted by Crippen LogP contribution is -1.99. The lowest BCUT2D eigenvalue weighted by atomic mass is 10.3. The van der Waals surface area contributed by atoms with Gasteiger partial charge < -0.3 is 10.5 Å². The quantitative estimate of drug-likeness (QED) is 0.777. The molecule has 84 valence electrons. The molecule has 2 N–H and O–H groups in total. The molecule has 2 rings (SSSR count). The molecule has 16 heavy (non-hydrogen) atoms. The average molecular weight is 216 g/mol. The van der Waals surface area contributed by atoms with E-state index in [-0.39, 0.29) is 0 Å². The van der Waals surface area contributed by atoms with E-state index >= 15 is 0 Å². The van der Waals surface area contributed by atoms with E-state index in [0.29, 0.717) is 6.54 Å². The lowest BCUT2D eigenvalue weighted by Gasteiger charge is -2.04. The summed E-state index contributed by atoms with van der Waals surface area (Å²) in [5, 5.41) is 0. The highest BCUT2D eigenvalue weighted by molar-refractivity contribution is 5.36. The third kappa shape index (κ3) is 3.56. The Morgan fingerprint density at radius 2 is 2.31 bits per heavy atom. The van der Waals surface area contributed by atoms with Crippen LogP contribution in [0.5, 0.6) is 5.75 Å². The number of rotatable bonds is 4. The van der Waals surface area contributed by atoms with E-state index in [1.54, 1.807) is 12.4 Å². The zero-order valence-electron chi connectivity index (χ0n) is 9.28. The number of nitrogens with two attached hydrogens (primary N) is 1. The maximum atomic E-state index is 5.62. The minimum absolute atomic E-state index is 0.368. The molecule has 3 heteroatoms.